The average molecular weight is 451 g/mol. The van der Waals surface area contributed by atoms with E-state index in [4.69, 9.17) is 4.74 Å². The molecule has 33 heavy (non-hydrogen) atoms. The SMILES string of the molecule is CCOC(=O)C1(c2ccnc3c(-c4ccc(C(F)(F)F)cc4)cnn23)CC1c1ccccc1. The quantitative estimate of drug-likeness (QED) is 0.381. The minimum Gasteiger partial charge on any atom is -0.465 e. The Kier molecular flexibility index (Phi) is 4.96. The number of halogens is 3. The van der Waals surface area contributed by atoms with Crippen molar-refractivity contribution in [3.63, 3.8) is 0 Å². The molecule has 1 aliphatic rings. The normalized spacial score (nSPS) is 20.1. The molecule has 1 fully saturated rings. The molecule has 1 aliphatic carbocycles. The zero-order chi connectivity index (χ0) is 23.2. The van der Waals surface area contributed by atoms with E-state index >= 15 is 0 Å². The summed E-state index contributed by atoms with van der Waals surface area (Å²) in [5.41, 5.74) is 1.67. The lowest BCUT2D eigenvalue weighted by Gasteiger charge is -2.18. The standard InChI is InChI=1S/C25H20F3N3O2/c1-2-33-23(32)24(14-20(24)17-6-4-3-5-7-17)21-12-13-29-22-19(15-30-31(21)22)16-8-10-18(11-9-16)25(26,27)28/h3-13,15,20H,2,14H2,1H3. The van der Waals surface area contributed by atoms with Crippen molar-refractivity contribution in [1.82, 2.24) is 14.6 Å². The lowest BCUT2D eigenvalue weighted by molar-refractivity contribution is -0.146. The lowest BCUT2D eigenvalue weighted by Crippen LogP contribution is -2.28. The summed E-state index contributed by atoms with van der Waals surface area (Å²) >= 11 is 0. The van der Waals surface area contributed by atoms with E-state index in [0.29, 0.717) is 28.9 Å². The van der Waals surface area contributed by atoms with Gasteiger partial charge in [0.15, 0.2) is 5.65 Å². The number of rotatable bonds is 5. The van der Waals surface area contributed by atoms with Crippen LogP contribution in [0.3, 0.4) is 0 Å². The van der Waals surface area contributed by atoms with Crippen LogP contribution in [0.5, 0.6) is 0 Å². The number of hydrogen-bond donors (Lipinski definition) is 0. The minimum absolute atomic E-state index is 0.0675. The van der Waals surface area contributed by atoms with Crippen LogP contribution in [0.2, 0.25) is 0 Å². The van der Waals surface area contributed by atoms with Gasteiger partial charge in [0.2, 0.25) is 0 Å². The van der Waals surface area contributed by atoms with Gasteiger partial charge in [-0.3, -0.25) is 4.79 Å². The molecular weight excluding hydrogens is 431 g/mol. The van der Waals surface area contributed by atoms with Gasteiger partial charge >= 0.3 is 12.1 Å². The van der Waals surface area contributed by atoms with Crippen LogP contribution < -0.4 is 0 Å². The number of carbonyl (C=O) groups excluding carboxylic acids is 1. The number of alkyl halides is 3. The van der Waals surface area contributed by atoms with Crippen LogP contribution >= 0.6 is 0 Å². The van der Waals surface area contributed by atoms with Gasteiger partial charge in [0.05, 0.1) is 24.1 Å². The van der Waals surface area contributed by atoms with Crippen molar-refractivity contribution in [2.45, 2.75) is 30.9 Å². The van der Waals surface area contributed by atoms with Crippen molar-refractivity contribution in [2.75, 3.05) is 6.61 Å². The number of fused-ring (bicyclic) bond motifs is 1. The summed E-state index contributed by atoms with van der Waals surface area (Å²) in [5.74, 6) is -0.389. The molecule has 2 aromatic carbocycles. The van der Waals surface area contributed by atoms with Gasteiger partial charge in [-0.05, 0) is 42.7 Å². The molecule has 2 unspecified atom stereocenters. The molecule has 2 atom stereocenters. The Balaban J connectivity index is 1.60. The number of esters is 1. The molecule has 2 heterocycles. The molecule has 8 heteroatoms. The molecule has 0 N–H and O–H groups in total. The third-order valence-electron chi connectivity index (χ3n) is 6.18. The highest BCUT2D eigenvalue weighted by molar-refractivity contribution is 5.89. The number of hydrogen-bond acceptors (Lipinski definition) is 4. The van der Waals surface area contributed by atoms with Crippen LogP contribution in [-0.2, 0) is 21.1 Å². The number of ether oxygens (including phenoxy) is 1. The monoisotopic (exact) mass is 451 g/mol. The fraction of sp³-hybridized carbons (Fsp3) is 0.240. The summed E-state index contributed by atoms with van der Waals surface area (Å²) in [7, 11) is 0. The minimum atomic E-state index is -4.41. The highest BCUT2D eigenvalue weighted by Gasteiger charge is 2.64. The van der Waals surface area contributed by atoms with Crippen LogP contribution in [0.1, 0.15) is 36.1 Å². The molecule has 0 amide bonds. The van der Waals surface area contributed by atoms with Crippen molar-refractivity contribution < 1.29 is 22.7 Å². The third-order valence-corrected chi connectivity index (χ3v) is 6.18. The number of carbonyl (C=O) groups is 1. The Bertz CT molecular complexity index is 1320. The second-order valence-corrected chi connectivity index (χ2v) is 8.06. The molecule has 5 rings (SSSR count). The second kappa shape index (κ2) is 7.72. The van der Waals surface area contributed by atoms with E-state index in [1.807, 2.05) is 30.3 Å². The Morgan fingerprint density at radius 2 is 1.85 bits per heavy atom. The maximum Gasteiger partial charge on any atom is 0.416 e. The van der Waals surface area contributed by atoms with Crippen LogP contribution in [0.15, 0.2) is 73.1 Å². The largest absolute Gasteiger partial charge is 0.465 e. The topological polar surface area (TPSA) is 56.5 Å². The summed E-state index contributed by atoms with van der Waals surface area (Å²) in [6, 6.07) is 16.4. The van der Waals surface area contributed by atoms with Gasteiger partial charge in [0.1, 0.15) is 5.41 Å². The van der Waals surface area contributed by atoms with Crippen molar-refractivity contribution >= 4 is 11.6 Å². The Hall–Kier alpha value is -3.68. The van der Waals surface area contributed by atoms with Crippen LogP contribution in [0, 0.1) is 0 Å². The van der Waals surface area contributed by atoms with Gasteiger partial charge in [-0.1, -0.05) is 42.5 Å². The Morgan fingerprint density at radius 3 is 2.52 bits per heavy atom. The van der Waals surface area contributed by atoms with Crippen LogP contribution in [-0.4, -0.2) is 27.2 Å². The fourth-order valence-electron chi connectivity index (χ4n) is 4.50. The molecule has 0 radical (unpaired) electrons. The smallest absolute Gasteiger partial charge is 0.416 e. The highest BCUT2D eigenvalue weighted by atomic mass is 19.4. The van der Waals surface area contributed by atoms with E-state index < -0.39 is 17.2 Å². The molecule has 0 spiro atoms. The summed E-state index contributed by atoms with van der Waals surface area (Å²) in [4.78, 5) is 17.6. The second-order valence-electron chi connectivity index (χ2n) is 8.06. The summed E-state index contributed by atoms with van der Waals surface area (Å²) in [5, 5.41) is 4.47. The maximum atomic E-state index is 13.2. The summed E-state index contributed by atoms with van der Waals surface area (Å²) in [6.07, 6.45) is -0.672. The van der Waals surface area contributed by atoms with E-state index in [9.17, 15) is 18.0 Å². The van der Waals surface area contributed by atoms with Crippen LogP contribution in [0.25, 0.3) is 16.8 Å². The lowest BCUT2D eigenvalue weighted by atomic mass is 9.95. The summed E-state index contributed by atoms with van der Waals surface area (Å²) in [6.45, 7) is 2.02. The zero-order valence-corrected chi connectivity index (χ0v) is 17.7. The van der Waals surface area contributed by atoms with Gasteiger partial charge in [-0.2, -0.15) is 18.3 Å². The van der Waals surface area contributed by atoms with E-state index in [1.54, 1.807) is 29.9 Å². The maximum absolute atomic E-state index is 13.2. The molecule has 0 saturated heterocycles. The van der Waals surface area contributed by atoms with Crippen molar-refractivity contribution in [2.24, 2.45) is 0 Å². The van der Waals surface area contributed by atoms with E-state index in [2.05, 4.69) is 10.1 Å². The fourth-order valence-corrected chi connectivity index (χ4v) is 4.50. The average Bonchev–Trinajstić information content (AvgIpc) is 3.43. The molecule has 5 nitrogen and oxygen atoms in total. The van der Waals surface area contributed by atoms with E-state index in [-0.39, 0.29) is 18.5 Å². The van der Waals surface area contributed by atoms with E-state index in [0.717, 1.165) is 17.7 Å². The first-order valence-electron chi connectivity index (χ1n) is 10.6. The molecular formula is C25H20F3N3O2. The van der Waals surface area contributed by atoms with Gasteiger partial charge in [0.25, 0.3) is 0 Å². The number of benzene rings is 2. The molecule has 2 aromatic heterocycles. The van der Waals surface area contributed by atoms with Gasteiger partial charge in [0, 0.05) is 17.7 Å². The zero-order valence-electron chi connectivity index (χ0n) is 17.7. The van der Waals surface area contributed by atoms with E-state index in [1.165, 1.54) is 12.1 Å². The molecule has 0 bridgehead atoms. The van der Waals surface area contributed by atoms with Gasteiger partial charge in [-0.25, -0.2) is 9.50 Å². The first-order valence-corrected chi connectivity index (χ1v) is 10.6. The molecule has 4 aromatic rings. The first kappa shape index (κ1) is 21.2. The molecule has 1 saturated carbocycles. The first-order chi connectivity index (χ1) is 15.9. The van der Waals surface area contributed by atoms with Gasteiger partial charge < -0.3 is 4.74 Å². The predicted octanol–water partition coefficient (Wildman–Crippen LogP) is 5.40. The van der Waals surface area contributed by atoms with Crippen molar-refractivity contribution in [3.05, 3.63) is 89.9 Å². The highest BCUT2D eigenvalue weighted by Crippen LogP contribution is 2.61. The Labute approximate surface area is 187 Å². The Morgan fingerprint density at radius 1 is 1.12 bits per heavy atom. The number of nitrogens with zero attached hydrogens (tertiary/aromatic N) is 3. The van der Waals surface area contributed by atoms with Crippen molar-refractivity contribution in [1.29, 1.82) is 0 Å². The van der Waals surface area contributed by atoms with Gasteiger partial charge in [-0.15, -0.1) is 0 Å². The third kappa shape index (κ3) is 3.46. The molecule has 168 valence electrons. The van der Waals surface area contributed by atoms with Crippen molar-refractivity contribution in [3.8, 4) is 11.1 Å². The van der Waals surface area contributed by atoms with Crippen LogP contribution in [0.4, 0.5) is 13.2 Å². The number of aromatic nitrogens is 3. The summed E-state index contributed by atoms with van der Waals surface area (Å²) < 4.78 is 45.9. The molecule has 0 aliphatic heterocycles. The predicted molar refractivity (Wildman–Crippen MR) is 116 cm³/mol.